The van der Waals surface area contributed by atoms with Gasteiger partial charge in [0.1, 0.15) is 5.75 Å². The van der Waals surface area contributed by atoms with E-state index < -0.39 is 0 Å². The maximum absolute atomic E-state index is 12.1. The van der Waals surface area contributed by atoms with Crippen LogP contribution in [-0.4, -0.2) is 20.8 Å². The van der Waals surface area contributed by atoms with E-state index in [1.54, 1.807) is 24.4 Å². The van der Waals surface area contributed by atoms with Crippen LogP contribution in [-0.2, 0) is 13.1 Å². The number of nitrogens with zero attached hydrogens (tertiary/aromatic N) is 2. The summed E-state index contributed by atoms with van der Waals surface area (Å²) in [5.41, 5.74) is 3.34. The van der Waals surface area contributed by atoms with Crippen molar-refractivity contribution in [1.82, 2.24) is 15.1 Å². The fourth-order valence-corrected chi connectivity index (χ4v) is 2.45. The van der Waals surface area contributed by atoms with Crippen molar-refractivity contribution < 1.29 is 9.90 Å². The SMILES string of the molecule is Cc1ccc(C(=O)NCc2ccc(Cn3cccn3)cc2)c(O)c1. The van der Waals surface area contributed by atoms with E-state index in [4.69, 9.17) is 0 Å². The molecule has 0 radical (unpaired) electrons. The molecule has 0 unspecified atom stereocenters. The number of phenols is 1. The number of hydrogen-bond donors (Lipinski definition) is 2. The number of rotatable bonds is 5. The van der Waals surface area contributed by atoms with Crippen molar-refractivity contribution >= 4 is 5.91 Å². The first-order chi connectivity index (χ1) is 11.6. The average Bonchev–Trinajstić information content (AvgIpc) is 3.07. The fraction of sp³-hybridized carbons (Fsp3) is 0.158. The fourth-order valence-electron chi connectivity index (χ4n) is 2.45. The number of benzene rings is 2. The lowest BCUT2D eigenvalue weighted by Crippen LogP contribution is -2.22. The summed E-state index contributed by atoms with van der Waals surface area (Å²) in [6.07, 6.45) is 3.67. The van der Waals surface area contributed by atoms with E-state index in [0.717, 1.165) is 23.2 Å². The number of carbonyl (C=O) groups is 1. The van der Waals surface area contributed by atoms with Crippen LogP contribution < -0.4 is 5.32 Å². The van der Waals surface area contributed by atoms with Crippen molar-refractivity contribution in [2.45, 2.75) is 20.0 Å². The van der Waals surface area contributed by atoms with Gasteiger partial charge in [-0.1, -0.05) is 30.3 Å². The Morgan fingerprint density at radius 1 is 1.17 bits per heavy atom. The third-order valence-electron chi connectivity index (χ3n) is 3.78. The monoisotopic (exact) mass is 321 g/mol. The highest BCUT2D eigenvalue weighted by molar-refractivity contribution is 5.96. The number of carbonyl (C=O) groups excluding carboxylic acids is 1. The number of aromatic nitrogens is 2. The zero-order valence-electron chi connectivity index (χ0n) is 13.4. The van der Waals surface area contributed by atoms with Gasteiger partial charge in [0.2, 0.25) is 0 Å². The van der Waals surface area contributed by atoms with Crippen molar-refractivity contribution in [3.63, 3.8) is 0 Å². The summed E-state index contributed by atoms with van der Waals surface area (Å²) in [5, 5.41) is 16.9. The highest BCUT2D eigenvalue weighted by Gasteiger charge is 2.10. The van der Waals surface area contributed by atoms with Crippen LogP contribution in [0.25, 0.3) is 0 Å². The van der Waals surface area contributed by atoms with Gasteiger partial charge in [-0.25, -0.2) is 0 Å². The van der Waals surface area contributed by atoms with E-state index in [-0.39, 0.29) is 17.2 Å². The van der Waals surface area contributed by atoms with Gasteiger partial charge in [0.25, 0.3) is 5.91 Å². The Hall–Kier alpha value is -3.08. The van der Waals surface area contributed by atoms with Crippen LogP contribution in [0.2, 0.25) is 0 Å². The highest BCUT2D eigenvalue weighted by Crippen LogP contribution is 2.18. The van der Waals surface area contributed by atoms with Crippen molar-refractivity contribution in [2.24, 2.45) is 0 Å². The quantitative estimate of drug-likeness (QED) is 0.759. The Bertz CT molecular complexity index is 824. The number of nitrogens with one attached hydrogen (secondary N) is 1. The van der Waals surface area contributed by atoms with Crippen LogP contribution in [0, 0.1) is 6.92 Å². The van der Waals surface area contributed by atoms with E-state index in [0.29, 0.717) is 6.54 Å². The summed E-state index contributed by atoms with van der Waals surface area (Å²) in [4.78, 5) is 12.1. The number of aryl methyl sites for hydroxylation is 1. The van der Waals surface area contributed by atoms with Gasteiger partial charge >= 0.3 is 0 Å². The molecule has 0 saturated heterocycles. The molecule has 0 saturated carbocycles. The van der Waals surface area contributed by atoms with Gasteiger partial charge in [0.05, 0.1) is 12.1 Å². The van der Waals surface area contributed by atoms with E-state index in [2.05, 4.69) is 10.4 Å². The smallest absolute Gasteiger partial charge is 0.255 e. The molecule has 0 fully saturated rings. The van der Waals surface area contributed by atoms with Gasteiger partial charge in [0, 0.05) is 18.9 Å². The Labute approximate surface area is 140 Å². The third kappa shape index (κ3) is 3.81. The van der Waals surface area contributed by atoms with Crippen LogP contribution in [0.3, 0.4) is 0 Å². The van der Waals surface area contributed by atoms with Crippen LogP contribution in [0.5, 0.6) is 5.75 Å². The molecule has 0 atom stereocenters. The summed E-state index contributed by atoms with van der Waals surface area (Å²) in [6.45, 7) is 3.00. The molecule has 5 nitrogen and oxygen atoms in total. The number of amides is 1. The zero-order chi connectivity index (χ0) is 16.9. The lowest BCUT2D eigenvalue weighted by Gasteiger charge is -2.08. The molecule has 0 aliphatic carbocycles. The first kappa shape index (κ1) is 15.8. The summed E-state index contributed by atoms with van der Waals surface area (Å²) in [7, 11) is 0. The van der Waals surface area contributed by atoms with E-state index >= 15 is 0 Å². The lowest BCUT2D eigenvalue weighted by atomic mass is 10.1. The van der Waals surface area contributed by atoms with Gasteiger partial charge in [-0.05, 0) is 41.8 Å². The van der Waals surface area contributed by atoms with Gasteiger partial charge in [-0.2, -0.15) is 5.10 Å². The second kappa shape index (κ2) is 7.00. The van der Waals surface area contributed by atoms with Crippen molar-refractivity contribution in [3.8, 4) is 5.75 Å². The Balaban J connectivity index is 1.59. The van der Waals surface area contributed by atoms with Crippen LogP contribution in [0.15, 0.2) is 60.9 Å². The van der Waals surface area contributed by atoms with E-state index in [1.807, 2.05) is 48.1 Å². The molecule has 0 aliphatic heterocycles. The third-order valence-corrected chi connectivity index (χ3v) is 3.78. The molecule has 0 bridgehead atoms. The number of hydrogen-bond acceptors (Lipinski definition) is 3. The second-order valence-corrected chi connectivity index (χ2v) is 5.72. The molecule has 1 amide bonds. The minimum Gasteiger partial charge on any atom is -0.507 e. The molecule has 24 heavy (non-hydrogen) atoms. The standard InChI is InChI=1S/C19H19N3O2/c1-14-3-8-17(18(23)11-14)19(24)20-12-15-4-6-16(7-5-15)13-22-10-2-9-21-22/h2-11,23H,12-13H2,1H3,(H,20,24). The zero-order valence-corrected chi connectivity index (χ0v) is 13.4. The molecule has 5 heteroatoms. The van der Waals surface area contributed by atoms with Gasteiger partial charge in [0.15, 0.2) is 0 Å². The molecule has 3 aromatic rings. The molecular weight excluding hydrogens is 302 g/mol. The minimum absolute atomic E-state index is 0.00192. The van der Waals surface area contributed by atoms with Crippen LogP contribution >= 0.6 is 0 Å². The second-order valence-electron chi connectivity index (χ2n) is 5.72. The first-order valence-corrected chi connectivity index (χ1v) is 7.75. The summed E-state index contributed by atoms with van der Waals surface area (Å²) in [5.74, 6) is -0.282. The van der Waals surface area contributed by atoms with E-state index in [1.165, 1.54) is 0 Å². The molecule has 0 aliphatic rings. The maximum Gasteiger partial charge on any atom is 0.255 e. The molecule has 0 spiro atoms. The minimum atomic E-state index is -0.284. The Morgan fingerprint density at radius 2 is 1.92 bits per heavy atom. The molecular formula is C19H19N3O2. The van der Waals surface area contributed by atoms with E-state index in [9.17, 15) is 9.90 Å². The molecule has 3 rings (SSSR count). The summed E-state index contributed by atoms with van der Waals surface area (Å²) < 4.78 is 1.86. The average molecular weight is 321 g/mol. The van der Waals surface area contributed by atoms with Crippen LogP contribution in [0.4, 0.5) is 0 Å². The number of phenolic OH excluding ortho intramolecular Hbond substituents is 1. The summed E-state index contributed by atoms with van der Waals surface area (Å²) >= 11 is 0. The lowest BCUT2D eigenvalue weighted by molar-refractivity contribution is 0.0948. The largest absolute Gasteiger partial charge is 0.507 e. The topological polar surface area (TPSA) is 67.2 Å². The van der Waals surface area contributed by atoms with Crippen molar-refractivity contribution in [3.05, 3.63) is 83.2 Å². The normalized spacial score (nSPS) is 10.5. The Morgan fingerprint density at radius 3 is 2.58 bits per heavy atom. The van der Waals surface area contributed by atoms with Gasteiger partial charge in [-0.15, -0.1) is 0 Å². The predicted molar refractivity (Wildman–Crippen MR) is 91.8 cm³/mol. The number of aromatic hydroxyl groups is 1. The molecule has 2 aromatic carbocycles. The van der Waals surface area contributed by atoms with Crippen molar-refractivity contribution in [1.29, 1.82) is 0 Å². The molecule has 1 heterocycles. The Kier molecular flexibility index (Phi) is 4.61. The maximum atomic E-state index is 12.1. The first-order valence-electron chi connectivity index (χ1n) is 7.75. The predicted octanol–water partition coefficient (Wildman–Crippen LogP) is 2.88. The molecule has 122 valence electrons. The molecule has 1 aromatic heterocycles. The summed E-state index contributed by atoms with van der Waals surface area (Å²) in [6, 6.07) is 14.9. The highest BCUT2D eigenvalue weighted by atomic mass is 16.3. The van der Waals surface area contributed by atoms with Gasteiger partial charge < -0.3 is 10.4 Å². The van der Waals surface area contributed by atoms with Gasteiger partial charge in [-0.3, -0.25) is 9.48 Å². The molecule has 2 N–H and O–H groups in total. The van der Waals surface area contributed by atoms with Crippen LogP contribution in [0.1, 0.15) is 27.0 Å². The van der Waals surface area contributed by atoms with Crippen molar-refractivity contribution in [2.75, 3.05) is 0 Å².